The Morgan fingerprint density at radius 1 is 1.26 bits per heavy atom. The number of allylic oxidation sites excluding steroid dienone is 1. The first-order valence-electron chi connectivity index (χ1n) is 7.56. The zero-order valence-electron chi connectivity index (χ0n) is 12.6. The van der Waals surface area contributed by atoms with E-state index in [1.807, 2.05) is 19.1 Å². The van der Waals surface area contributed by atoms with Gasteiger partial charge in [0.2, 0.25) is 0 Å². The van der Waals surface area contributed by atoms with Crippen molar-refractivity contribution in [2.45, 2.75) is 26.2 Å². The van der Waals surface area contributed by atoms with Gasteiger partial charge in [-0.15, -0.1) is 0 Å². The van der Waals surface area contributed by atoms with Crippen molar-refractivity contribution in [3.8, 4) is 11.1 Å². The molecule has 2 aromatic carbocycles. The van der Waals surface area contributed by atoms with Crippen molar-refractivity contribution in [3.63, 3.8) is 0 Å². The van der Waals surface area contributed by atoms with Crippen LogP contribution in [0.5, 0.6) is 0 Å². The van der Waals surface area contributed by atoms with Crippen LogP contribution in [0, 0.1) is 5.82 Å². The monoisotopic (exact) mass is 370 g/mol. The molecule has 0 atom stereocenters. The molecule has 2 aromatic rings. The van der Waals surface area contributed by atoms with Crippen LogP contribution >= 0.6 is 15.9 Å². The Labute approximate surface area is 142 Å². The molecule has 0 spiro atoms. The second kappa shape index (κ2) is 5.03. The molecule has 4 heteroatoms. The van der Waals surface area contributed by atoms with Crippen molar-refractivity contribution >= 4 is 27.9 Å². The highest BCUT2D eigenvalue weighted by atomic mass is 79.9. The summed E-state index contributed by atoms with van der Waals surface area (Å²) in [7, 11) is 0. The summed E-state index contributed by atoms with van der Waals surface area (Å²) in [4.78, 5) is 11.9. The van der Waals surface area contributed by atoms with E-state index in [-0.39, 0.29) is 5.82 Å². The van der Waals surface area contributed by atoms with E-state index in [0.717, 1.165) is 50.7 Å². The SMILES string of the molecule is CC1=Cc2c(-c3c(C([NH])=O)cc4c(Br)c3CC4)ccc(F)c2C1. The Balaban J connectivity index is 2.07. The van der Waals surface area contributed by atoms with Crippen LogP contribution in [0.3, 0.4) is 0 Å². The van der Waals surface area contributed by atoms with Gasteiger partial charge in [-0.05, 0) is 71.7 Å². The third-order valence-corrected chi connectivity index (χ3v) is 5.73. The van der Waals surface area contributed by atoms with Crippen LogP contribution in [0.2, 0.25) is 0 Å². The summed E-state index contributed by atoms with van der Waals surface area (Å²) in [6, 6.07) is 5.03. The predicted molar refractivity (Wildman–Crippen MR) is 91.7 cm³/mol. The van der Waals surface area contributed by atoms with E-state index >= 15 is 0 Å². The van der Waals surface area contributed by atoms with Crippen LogP contribution in [0.1, 0.15) is 39.5 Å². The minimum atomic E-state index is -0.686. The molecule has 115 valence electrons. The lowest BCUT2D eigenvalue weighted by atomic mass is 9.90. The van der Waals surface area contributed by atoms with Crippen LogP contribution < -0.4 is 5.73 Å². The van der Waals surface area contributed by atoms with Gasteiger partial charge in [0.1, 0.15) is 5.82 Å². The molecule has 1 N–H and O–H groups in total. The summed E-state index contributed by atoms with van der Waals surface area (Å²) >= 11 is 3.62. The Morgan fingerprint density at radius 2 is 2.04 bits per heavy atom. The molecule has 0 aromatic heterocycles. The molecule has 4 rings (SSSR count). The Hall–Kier alpha value is -1.94. The fourth-order valence-corrected chi connectivity index (χ4v) is 4.43. The average molecular weight is 371 g/mol. The van der Waals surface area contributed by atoms with E-state index in [4.69, 9.17) is 5.73 Å². The molecule has 2 nitrogen and oxygen atoms in total. The summed E-state index contributed by atoms with van der Waals surface area (Å²) in [5.74, 6) is -0.892. The van der Waals surface area contributed by atoms with Gasteiger partial charge in [-0.2, -0.15) is 0 Å². The third-order valence-electron chi connectivity index (χ3n) is 4.74. The van der Waals surface area contributed by atoms with Crippen molar-refractivity contribution < 1.29 is 9.18 Å². The number of carbonyl (C=O) groups excluding carboxylic acids is 1. The van der Waals surface area contributed by atoms with Gasteiger partial charge in [-0.3, -0.25) is 10.5 Å². The van der Waals surface area contributed by atoms with Gasteiger partial charge in [0.15, 0.2) is 0 Å². The van der Waals surface area contributed by atoms with Gasteiger partial charge in [0, 0.05) is 10.0 Å². The molecule has 0 fully saturated rings. The molecule has 2 bridgehead atoms. The number of nitrogens with one attached hydrogen (secondary N) is 1. The minimum Gasteiger partial charge on any atom is -0.267 e. The number of aryl methyl sites for hydroxylation is 1. The smallest absolute Gasteiger partial charge is 0.267 e. The quantitative estimate of drug-likeness (QED) is 0.752. The zero-order chi connectivity index (χ0) is 16.3. The molecule has 0 saturated carbocycles. The lowest BCUT2D eigenvalue weighted by Crippen LogP contribution is -2.05. The second-order valence-corrected chi connectivity index (χ2v) is 7.03. The number of fused-ring (bicyclic) bond motifs is 3. The number of hydrogen-bond donors (Lipinski definition) is 0. The van der Waals surface area contributed by atoms with Gasteiger partial charge < -0.3 is 0 Å². The molecule has 0 heterocycles. The molecule has 2 aliphatic carbocycles. The van der Waals surface area contributed by atoms with Gasteiger partial charge in [-0.25, -0.2) is 4.39 Å². The Kier molecular flexibility index (Phi) is 3.20. The van der Waals surface area contributed by atoms with Crippen LogP contribution in [-0.2, 0) is 19.3 Å². The largest absolute Gasteiger partial charge is 0.270 e. The highest BCUT2D eigenvalue weighted by Gasteiger charge is 2.28. The summed E-state index contributed by atoms with van der Waals surface area (Å²) < 4.78 is 15.2. The molecule has 2 aliphatic rings. The average Bonchev–Trinajstić information content (AvgIpc) is 2.98. The molecule has 1 amide bonds. The minimum absolute atomic E-state index is 0.206. The van der Waals surface area contributed by atoms with Crippen LogP contribution in [-0.4, -0.2) is 5.91 Å². The highest BCUT2D eigenvalue weighted by Crippen LogP contribution is 2.44. The van der Waals surface area contributed by atoms with Crippen molar-refractivity contribution in [3.05, 3.63) is 61.9 Å². The molecule has 23 heavy (non-hydrogen) atoms. The fraction of sp³-hybridized carbons (Fsp3) is 0.211. The van der Waals surface area contributed by atoms with Gasteiger partial charge in [0.05, 0.1) is 0 Å². The summed E-state index contributed by atoms with van der Waals surface area (Å²) in [6.07, 6.45) is 4.31. The van der Waals surface area contributed by atoms with Crippen LogP contribution in [0.4, 0.5) is 4.39 Å². The third kappa shape index (κ3) is 2.08. The molecular weight excluding hydrogens is 357 g/mol. The lowest BCUT2D eigenvalue weighted by Gasteiger charge is -2.15. The van der Waals surface area contributed by atoms with E-state index < -0.39 is 5.91 Å². The van der Waals surface area contributed by atoms with Crippen molar-refractivity contribution in [2.24, 2.45) is 0 Å². The number of halogens is 2. The van der Waals surface area contributed by atoms with Gasteiger partial charge in [-0.1, -0.05) is 33.6 Å². The maximum Gasteiger partial charge on any atom is 0.270 e. The Bertz CT molecular complexity index is 914. The van der Waals surface area contributed by atoms with E-state index in [1.54, 1.807) is 6.07 Å². The van der Waals surface area contributed by atoms with E-state index in [2.05, 4.69) is 15.9 Å². The van der Waals surface area contributed by atoms with Crippen molar-refractivity contribution in [2.75, 3.05) is 0 Å². The first-order valence-corrected chi connectivity index (χ1v) is 8.35. The van der Waals surface area contributed by atoms with E-state index in [1.165, 1.54) is 6.07 Å². The van der Waals surface area contributed by atoms with Gasteiger partial charge in [0.25, 0.3) is 5.91 Å². The molecule has 0 aliphatic heterocycles. The van der Waals surface area contributed by atoms with Crippen molar-refractivity contribution in [1.29, 1.82) is 0 Å². The van der Waals surface area contributed by atoms with Crippen LogP contribution in [0.15, 0.2) is 28.2 Å². The number of hydrogen-bond acceptors (Lipinski definition) is 1. The van der Waals surface area contributed by atoms with E-state index in [9.17, 15) is 9.18 Å². The molecule has 1 radical (unpaired) electrons. The maximum atomic E-state index is 14.1. The zero-order valence-corrected chi connectivity index (χ0v) is 14.2. The summed E-state index contributed by atoms with van der Waals surface area (Å²) in [5, 5.41) is 0. The van der Waals surface area contributed by atoms with Crippen LogP contribution in [0.25, 0.3) is 17.2 Å². The predicted octanol–water partition coefficient (Wildman–Crippen LogP) is 4.74. The fourth-order valence-electron chi connectivity index (χ4n) is 3.72. The first kappa shape index (κ1) is 14.6. The topological polar surface area (TPSA) is 40.9 Å². The summed E-state index contributed by atoms with van der Waals surface area (Å²) in [5.41, 5.74) is 14.5. The summed E-state index contributed by atoms with van der Waals surface area (Å²) in [6.45, 7) is 1.98. The van der Waals surface area contributed by atoms with E-state index in [0.29, 0.717) is 17.5 Å². The molecule has 0 unspecified atom stereocenters. The highest BCUT2D eigenvalue weighted by molar-refractivity contribution is 9.10. The first-order chi connectivity index (χ1) is 11.0. The number of carbonyl (C=O) groups is 1. The lowest BCUT2D eigenvalue weighted by molar-refractivity contribution is 0.0992. The normalized spacial score (nSPS) is 14.8. The number of benzene rings is 2. The van der Waals surface area contributed by atoms with Gasteiger partial charge >= 0.3 is 0 Å². The standard InChI is InChI=1S/C19H14BrFNO/c1-9-6-13-11(4-5-16(21)14(13)7-9)17-12-3-2-10(18(12)20)8-15(17)19(22)23/h4-6,8,22H,2-3,7H2,1H3. The second-order valence-electron chi connectivity index (χ2n) is 6.23. The maximum absolute atomic E-state index is 14.1. The molecule has 0 saturated heterocycles. The van der Waals surface area contributed by atoms with Crippen molar-refractivity contribution in [1.82, 2.24) is 5.73 Å². The number of amides is 1. The number of rotatable bonds is 2. The Morgan fingerprint density at radius 3 is 2.78 bits per heavy atom. The molecular formula is C19H14BrFNO.